The van der Waals surface area contributed by atoms with E-state index in [9.17, 15) is 5.11 Å². The summed E-state index contributed by atoms with van der Waals surface area (Å²) >= 11 is 0. The smallest absolute Gasteiger partial charge is 0.231 e. The molecular weight excluding hydrogens is 344 g/mol. The molecule has 0 unspecified atom stereocenters. The first kappa shape index (κ1) is 15.4. The van der Waals surface area contributed by atoms with E-state index in [0.717, 1.165) is 17.0 Å². The lowest BCUT2D eigenvalue weighted by Gasteiger charge is -2.02. The number of pyridine rings is 1. The van der Waals surface area contributed by atoms with Gasteiger partial charge in [0.1, 0.15) is 17.1 Å². The predicted octanol–water partition coefficient (Wildman–Crippen LogP) is 4.85. The highest BCUT2D eigenvalue weighted by molar-refractivity contribution is 5.76. The van der Waals surface area contributed by atoms with Crippen molar-refractivity contribution in [2.24, 2.45) is 10.2 Å². The molecule has 7 heteroatoms. The predicted molar refractivity (Wildman–Crippen MR) is 99.0 cm³/mol. The van der Waals surface area contributed by atoms with Crippen LogP contribution in [0.1, 0.15) is 0 Å². The van der Waals surface area contributed by atoms with Crippen LogP contribution < -0.4 is 9.47 Å². The van der Waals surface area contributed by atoms with Gasteiger partial charge in [-0.25, -0.2) is 4.98 Å². The summed E-state index contributed by atoms with van der Waals surface area (Å²) < 4.78 is 12.7. The Morgan fingerprint density at radius 3 is 2.67 bits per heavy atom. The number of benzene rings is 2. The fourth-order valence-corrected chi connectivity index (χ4v) is 2.94. The lowest BCUT2D eigenvalue weighted by molar-refractivity contribution is 0.174. The summed E-state index contributed by atoms with van der Waals surface area (Å²) in [5, 5.41) is 18.1. The van der Waals surface area contributed by atoms with Crippen LogP contribution in [0.25, 0.3) is 16.9 Å². The number of aromatic nitrogens is 2. The Labute approximate surface area is 154 Å². The molecule has 0 saturated carbocycles. The molecule has 0 amide bonds. The molecule has 27 heavy (non-hydrogen) atoms. The molecule has 5 rings (SSSR count). The summed E-state index contributed by atoms with van der Waals surface area (Å²) in [6, 6.07) is 18.0. The molecule has 0 radical (unpaired) electrons. The van der Waals surface area contributed by atoms with Gasteiger partial charge in [0.2, 0.25) is 6.79 Å². The van der Waals surface area contributed by atoms with Gasteiger partial charge in [0.25, 0.3) is 0 Å². The van der Waals surface area contributed by atoms with E-state index < -0.39 is 0 Å². The van der Waals surface area contributed by atoms with Gasteiger partial charge in [-0.1, -0.05) is 6.07 Å². The first-order valence-electron chi connectivity index (χ1n) is 8.36. The van der Waals surface area contributed by atoms with Crippen molar-refractivity contribution in [1.29, 1.82) is 0 Å². The summed E-state index contributed by atoms with van der Waals surface area (Å²) in [6.45, 7) is 0.220. The summed E-state index contributed by atoms with van der Waals surface area (Å²) in [5.41, 5.74) is 2.96. The zero-order chi connectivity index (χ0) is 18.2. The minimum Gasteiger partial charge on any atom is -0.508 e. The molecule has 4 aromatic rings. The van der Waals surface area contributed by atoms with E-state index in [1.54, 1.807) is 24.3 Å². The molecule has 0 aliphatic carbocycles. The summed E-state index contributed by atoms with van der Waals surface area (Å²) in [4.78, 5) is 4.71. The number of aromatic hydroxyl groups is 1. The van der Waals surface area contributed by atoms with Crippen LogP contribution in [0.15, 0.2) is 77.1 Å². The van der Waals surface area contributed by atoms with Crippen molar-refractivity contribution < 1.29 is 14.6 Å². The van der Waals surface area contributed by atoms with Crippen molar-refractivity contribution in [3.8, 4) is 28.5 Å². The SMILES string of the molecule is Oc1ccc(N=Nc2c(-c3ccc4c(c3)OCO4)nc3ccccn23)cc1. The molecule has 1 N–H and O–H groups in total. The monoisotopic (exact) mass is 358 g/mol. The van der Waals surface area contributed by atoms with Crippen molar-refractivity contribution >= 4 is 17.2 Å². The van der Waals surface area contributed by atoms with Crippen molar-refractivity contribution in [2.45, 2.75) is 0 Å². The number of phenolic OH excluding ortho intramolecular Hbond substituents is 1. The molecule has 2 aromatic heterocycles. The van der Waals surface area contributed by atoms with Crippen molar-refractivity contribution in [1.82, 2.24) is 9.38 Å². The lowest BCUT2D eigenvalue weighted by atomic mass is 10.1. The zero-order valence-corrected chi connectivity index (χ0v) is 14.1. The molecule has 3 heterocycles. The maximum Gasteiger partial charge on any atom is 0.231 e. The van der Waals surface area contributed by atoms with E-state index in [1.807, 2.05) is 47.0 Å². The second kappa shape index (κ2) is 6.14. The number of fused-ring (bicyclic) bond motifs is 2. The molecule has 0 spiro atoms. The zero-order valence-electron chi connectivity index (χ0n) is 14.1. The molecule has 7 nitrogen and oxygen atoms in total. The Kier molecular flexibility index (Phi) is 3.50. The van der Waals surface area contributed by atoms with Gasteiger partial charge in [0, 0.05) is 11.8 Å². The Morgan fingerprint density at radius 2 is 1.78 bits per heavy atom. The molecule has 132 valence electrons. The van der Waals surface area contributed by atoms with Gasteiger partial charge in [0.05, 0.1) is 5.69 Å². The van der Waals surface area contributed by atoms with Crippen LogP contribution in [-0.4, -0.2) is 21.3 Å². The number of phenols is 1. The average Bonchev–Trinajstić information content (AvgIpc) is 3.31. The van der Waals surface area contributed by atoms with E-state index in [1.165, 1.54) is 0 Å². The number of azo groups is 1. The summed E-state index contributed by atoms with van der Waals surface area (Å²) in [7, 11) is 0. The molecule has 1 aliphatic heterocycles. The maximum atomic E-state index is 9.41. The minimum absolute atomic E-state index is 0.185. The first-order chi connectivity index (χ1) is 13.3. The second-order valence-electron chi connectivity index (χ2n) is 6.00. The standard InChI is InChI=1S/C20H14N4O3/c25-15-7-5-14(6-8-15)22-23-20-19(21-18-3-1-2-10-24(18)20)13-4-9-16-17(11-13)27-12-26-16/h1-11,25H,12H2. The Morgan fingerprint density at radius 1 is 0.926 bits per heavy atom. The topological polar surface area (TPSA) is 80.7 Å². The molecule has 0 saturated heterocycles. The van der Waals surface area contributed by atoms with Crippen molar-refractivity contribution in [3.05, 3.63) is 66.9 Å². The van der Waals surface area contributed by atoms with Gasteiger partial charge in [-0.15, -0.1) is 10.2 Å². The van der Waals surface area contributed by atoms with Crippen LogP contribution >= 0.6 is 0 Å². The fourth-order valence-electron chi connectivity index (χ4n) is 2.94. The van der Waals surface area contributed by atoms with Gasteiger partial charge < -0.3 is 14.6 Å². The normalized spacial score (nSPS) is 12.9. The number of rotatable bonds is 3. The number of hydrogen-bond acceptors (Lipinski definition) is 6. The average molecular weight is 358 g/mol. The largest absolute Gasteiger partial charge is 0.508 e. The van der Waals surface area contributed by atoms with Crippen LogP contribution in [-0.2, 0) is 0 Å². The maximum absolute atomic E-state index is 9.41. The van der Waals surface area contributed by atoms with E-state index in [2.05, 4.69) is 10.2 Å². The molecule has 2 aromatic carbocycles. The quantitative estimate of drug-likeness (QED) is 0.531. The third-order valence-electron chi connectivity index (χ3n) is 4.26. The van der Waals surface area contributed by atoms with Crippen molar-refractivity contribution in [2.75, 3.05) is 6.79 Å². The first-order valence-corrected chi connectivity index (χ1v) is 8.36. The van der Waals surface area contributed by atoms with Crippen LogP contribution in [0.3, 0.4) is 0 Å². The highest BCUT2D eigenvalue weighted by Crippen LogP contribution is 2.39. The van der Waals surface area contributed by atoms with E-state index in [-0.39, 0.29) is 12.5 Å². The number of hydrogen-bond donors (Lipinski definition) is 1. The second-order valence-corrected chi connectivity index (χ2v) is 6.00. The van der Waals surface area contributed by atoms with E-state index in [0.29, 0.717) is 22.9 Å². The van der Waals surface area contributed by atoms with Gasteiger partial charge >= 0.3 is 0 Å². The molecule has 0 fully saturated rings. The Hall–Kier alpha value is -3.87. The van der Waals surface area contributed by atoms with Crippen LogP contribution in [0, 0.1) is 0 Å². The molecule has 0 bridgehead atoms. The third-order valence-corrected chi connectivity index (χ3v) is 4.26. The van der Waals surface area contributed by atoms with E-state index >= 15 is 0 Å². The molecular formula is C20H14N4O3. The molecule has 1 aliphatic rings. The summed E-state index contributed by atoms with van der Waals surface area (Å²) in [6.07, 6.45) is 1.89. The van der Waals surface area contributed by atoms with Gasteiger partial charge in [-0.2, -0.15) is 0 Å². The third kappa shape index (κ3) is 2.75. The summed E-state index contributed by atoms with van der Waals surface area (Å²) in [5.74, 6) is 2.20. The van der Waals surface area contributed by atoms with Crippen LogP contribution in [0.4, 0.5) is 11.5 Å². The fraction of sp³-hybridized carbons (Fsp3) is 0.0500. The number of ether oxygens (including phenoxy) is 2. The lowest BCUT2D eigenvalue weighted by Crippen LogP contribution is -1.92. The van der Waals surface area contributed by atoms with Crippen LogP contribution in [0.5, 0.6) is 17.2 Å². The highest BCUT2D eigenvalue weighted by Gasteiger charge is 2.18. The molecule has 0 atom stereocenters. The Balaban J connectivity index is 1.64. The highest BCUT2D eigenvalue weighted by atomic mass is 16.7. The number of nitrogens with zero attached hydrogens (tertiary/aromatic N) is 4. The van der Waals surface area contributed by atoms with Crippen LogP contribution in [0.2, 0.25) is 0 Å². The van der Waals surface area contributed by atoms with E-state index in [4.69, 9.17) is 14.5 Å². The minimum atomic E-state index is 0.185. The van der Waals surface area contributed by atoms with Gasteiger partial charge in [-0.3, -0.25) is 4.40 Å². The van der Waals surface area contributed by atoms with Gasteiger partial charge in [0.15, 0.2) is 17.3 Å². The Bertz CT molecular complexity index is 1170. The van der Waals surface area contributed by atoms with Gasteiger partial charge in [-0.05, 0) is 54.6 Å². The number of imidazole rings is 1. The van der Waals surface area contributed by atoms with Crippen molar-refractivity contribution in [3.63, 3.8) is 0 Å².